The molecule has 0 aromatic heterocycles. The predicted octanol–water partition coefficient (Wildman–Crippen LogP) is 0.444. The second-order valence-electron chi connectivity index (χ2n) is 3.77. The van der Waals surface area contributed by atoms with Crippen LogP contribution in [0.1, 0.15) is 19.3 Å². The molecule has 2 fully saturated rings. The van der Waals surface area contributed by atoms with Crippen LogP contribution in [-0.4, -0.2) is 17.1 Å². The molecule has 0 heterocycles. The van der Waals surface area contributed by atoms with Crippen molar-refractivity contribution in [2.45, 2.75) is 25.3 Å². The summed E-state index contributed by atoms with van der Waals surface area (Å²) in [5, 5.41) is 8.83. The van der Waals surface area contributed by atoms with Gasteiger partial charge >= 0.3 is 5.97 Å². The second kappa shape index (κ2) is 2.21. The molecule has 2 rings (SSSR count). The van der Waals surface area contributed by atoms with Crippen LogP contribution in [0.25, 0.3) is 0 Å². The molecule has 3 N–H and O–H groups in total. The van der Waals surface area contributed by atoms with Crippen molar-refractivity contribution in [3.63, 3.8) is 0 Å². The van der Waals surface area contributed by atoms with Crippen molar-refractivity contribution in [3.8, 4) is 0 Å². The van der Waals surface area contributed by atoms with Gasteiger partial charge in [-0.25, -0.2) is 0 Å². The van der Waals surface area contributed by atoms with Gasteiger partial charge in [0.25, 0.3) is 0 Å². The van der Waals surface area contributed by atoms with Crippen LogP contribution < -0.4 is 5.73 Å². The molecular weight excluding hydrogens is 142 g/mol. The van der Waals surface area contributed by atoms with Crippen LogP contribution in [0.3, 0.4) is 0 Å². The molecule has 2 aliphatic rings. The quantitative estimate of drug-likeness (QED) is 0.577. The summed E-state index contributed by atoms with van der Waals surface area (Å²) >= 11 is 0. The number of carboxylic acid groups (broad SMARTS) is 1. The molecule has 0 saturated heterocycles. The summed E-state index contributed by atoms with van der Waals surface area (Å²) in [7, 11) is 0. The van der Waals surface area contributed by atoms with Gasteiger partial charge in [-0.15, -0.1) is 0 Å². The molecular formula is C8H13NO2. The molecule has 0 aliphatic heterocycles. The molecule has 4 atom stereocenters. The van der Waals surface area contributed by atoms with Gasteiger partial charge in [-0.05, 0) is 31.1 Å². The first-order chi connectivity index (χ1) is 5.20. The zero-order chi connectivity index (χ0) is 8.01. The molecule has 2 aliphatic carbocycles. The number of hydrogen-bond acceptors (Lipinski definition) is 2. The molecule has 2 bridgehead atoms. The molecule has 62 valence electrons. The largest absolute Gasteiger partial charge is 0.481 e. The van der Waals surface area contributed by atoms with Gasteiger partial charge in [0, 0.05) is 6.04 Å². The SMILES string of the molecule is N[C@@H]1[C@H]2CC[C@@H](C2)[C@H]1C(=O)O. The van der Waals surface area contributed by atoms with E-state index in [1.54, 1.807) is 0 Å². The highest BCUT2D eigenvalue weighted by atomic mass is 16.4. The van der Waals surface area contributed by atoms with E-state index in [9.17, 15) is 4.79 Å². The lowest BCUT2D eigenvalue weighted by atomic mass is 9.85. The van der Waals surface area contributed by atoms with Crippen molar-refractivity contribution in [1.29, 1.82) is 0 Å². The zero-order valence-corrected chi connectivity index (χ0v) is 6.36. The van der Waals surface area contributed by atoms with Gasteiger partial charge in [0.05, 0.1) is 5.92 Å². The summed E-state index contributed by atoms with van der Waals surface area (Å²) in [6.45, 7) is 0. The number of fused-ring (bicyclic) bond motifs is 2. The Kier molecular flexibility index (Phi) is 1.42. The van der Waals surface area contributed by atoms with E-state index in [-0.39, 0.29) is 12.0 Å². The van der Waals surface area contributed by atoms with Gasteiger partial charge < -0.3 is 10.8 Å². The lowest BCUT2D eigenvalue weighted by Crippen LogP contribution is -2.40. The fourth-order valence-electron chi connectivity index (χ4n) is 2.70. The van der Waals surface area contributed by atoms with Crippen molar-refractivity contribution >= 4 is 5.97 Å². The highest BCUT2D eigenvalue weighted by Crippen LogP contribution is 2.47. The van der Waals surface area contributed by atoms with E-state index in [2.05, 4.69) is 0 Å². The Labute approximate surface area is 65.6 Å². The van der Waals surface area contributed by atoms with Gasteiger partial charge in [0.15, 0.2) is 0 Å². The van der Waals surface area contributed by atoms with Gasteiger partial charge in [-0.2, -0.15) is 0 Å². The van der Waals surface area contributed by atoms with Crippen LogP contribution in [0, 0.1) is 17.8 Å². The Morgan fingerprint density at radius 1 is 1.36 bits per heavy atom. The highest BCUT2D eigenvalue weighted by molar-refractivity contribution is 5.72. The topological polar surface area (TPSA) is 63.3 Å². The Bertz CT molecular complexity index is 191. The van der Waals surface area contributed by atoms with Crippen LogP contribution >= 0.6 is 0 Å². The van der Waals surface area contributed by atoms with E-state index < -0.39 is 5.97 Å². The average molecular weight is 155 g/mol. The van der Waals surface area contributed by atoms with Crippen molar-refractivity contribution in [2.75, 3.05) is 0 Å². The first-order valence-electron chi connectivity index (χ1n) is 4.18. The smallest absolute Gasteiger partial charge is 0.308 e. The van der Waals surface area contributed by atoms with Crippen molar-refractivity contribution in [2.24, 2.45) is 23.5 Å². The summed E-state index contributed by atoms with van der Waals surface area (Å²) in [6, 6.07) is -0.0637. The van der Waals surface area contributed by atoms with E-state index >= 15 is 0 Å². The molecule has 11 heavy (non-hydrogen) atoms. The van der Waals surface area contributed by atoms with Gasteiger partial charge in [-0.1, -0.05) is 0 Å². The van der Waals surface area contributed by atoms with Gasteiger partial charge in [0.2, 0.25) is 0 Å². The fourth-order valence-corrected chi connectivity index (χ4v) is 2.70. The third-order valence-electron chi connectivity index (χ3n) is 3.27. The van der Waals surface area contributed by atoms with E-state index in [4.69, 9.17) is 10.8 Å². The first-order valence-corrected chi connectivity index (χ1v) is 4.18. The Morgan fingerprint density at radius 2 is 2.00 bits per heavy atom. The molecule has 2 saturated carbocycles. The van der Waals surface area contributed by atoms with Crippen molar-refractivity contribution in [1.82, 2.24) is 0 Å². The number of rotatable bonds is 1. The number of hydrogen-bond donors (Lipinski definition) is 2. The molecule has 0 amide bonds. The monoisotopic (exact) mass is 155 g/mol. The number of aliphatic carboxylic acids is 1. The lowest BCUT2D eigenvalue weighted by Gasteiger charge is -2.23. The predicted molar refractivity (Wildman–Crippen MR) is 39.9 cm³/mol. The van der Waals surface area contributed by atoms with Crippen LogP contribution in [-0.2, 0) is 4.79 Å². The Hall–Kier alpha value is -0.570. The van der Waals surface area contributed by atoms with Crippen LogP contribution in [0.2, 0.25) is 0 Å². The third-order valence-corrected chi connectivity index (χ3v) is 3.27. The minimum atomic E-state index is -0.690. The number of carbonyl (C=O) groups is 1. The molecule has 3 heteroatoms. The third kappa shape index (κ3) is 0.872. The summed E-state index contributed by atoms with van der Waals surface area (Å²) in [5.74, 6) is -0.0490. The molecule has 0 aromatic carbocycles. The normalized spacial score (nSPS) is 48.1. The fraction of sp³-hybridized carbons (Fsp3) is 0.875. The number of nitrogens with two attached hydrogens (primary N) is 1. The van der Waals surface area contributed by atoms with Crippen LogP contribution in [0.4, 0.5) is 0 Å². The molecule has 0 aromatic rings. The maximum Gasteiger partial charge on any atom is 0.308 e. The minimum Gasteiger partial charge on any atom is -0.481 e. The van der Waals surface area contributed by atoms with E-state index in [1.165, 1.54) is 0 Å². The van der Waals surface area contributed by atoms with Crippen molar-refractivity contribution < 1.29 is 9.90 Å². The maximum atomic E-state index is 10.7. The first kappa shape index (κ1) is 7.10. The average Bonchev–Trinajstić information content (AvgIpc) is 2.44. The Balaban J connectivity index is 2.17. The highest BCUT2D eigenvalue weighted by Gasteiger charge is 2.49. The molecule has 0 unspecified atom stereocenters. The summed E-state index contributed by atoms with van der Waals surface area (Å²) in [6.07, 6.45) is 3.28. The second-order valence-corrected chi connectivity index (χ2v) is 3.77. The van der Waals surface area contributed by atoms with E-state index in [0.29, 0.717) is 11.8 Å². The molecule has 3 nitrogen and oxygen atoms in total. The minimum absolute atomic E-state index is 0.0637. The van der Waals surface area contributed by atoms with Gasteiger partial charge in [-0.3, -0.25) is 4.79 Å². The number of carboxylic acids is 1. The van der Waals surface area contributed by atoms with E-state index in [1.807, 2.05) is 0 Å². The maximum absolute atomic E-state index is 10.7. The van der Waals surface area contributed by atoms with Crippen LogP contribution in [0.15, 0.2) is 0 Å². The Morgan fingerprint density at radius 3 is 2.36 bits per heavy atom. The molecule has 0 radical (unpaired) electrons. The van der Waals surface area contributed by atoms with Crippen LogP contribution in [0.5, 0.6) is 0 Å². The van der Waals surface area contributed by atoms with E-state index in [0.717, 1.165) is 19.3 Å². The summed E-state index contributed by atoms with van der Waals surface area (Å²) < 4.78 is 0. The zero-order valence-electron chi connectivity index (χ0n) is 6.36. The molecule has 0 spiro atoms. The standard InChI is InChI=1S/C8H13NO2/c9-7-5-2-1-4(3-5)6(7)8(10)11/h4-7H,1-3,9H2,(H,10,11)/t4-,5-,6+,7+/m0/s1. The van der Waals surface area contributed by atoms with Gasteiger partial charge in [0.1, 0.15) is 0 Å². The van der Waals surface area contributed by atoms with Crippen molar-refractivity contribution in [3.05, 3.63) is 0 Å². The lowest BCUT2D eigenvalue weighted by molar-refractivity contribution is -0.144. The summed E-state index contributed by atoms with van der Waals surface area (Å²) in [5.41, 5.74) is 5.78. The summed E-state index contributed by atoms with van der Waals surface area (Å²) in [4.78, 5) is 10.7.